The molecule has 2 atom stereocenters. The van der Waals surface area contributed by atoms with E-state index < -0.39 is 29.7 Å². The molecule has 196 valence electrons. The van der Waals surface area contributed by atoms with Gasteiger partial charge < -0.3 is 20.3 Å². The van der Waals surface area contributed by atoms with Gasteiger partial charge in [0.05, 0.1) is 0 Å². The van der Waals surface area contributed by atoms with Crippen LogP contribution in [0, 0.1) is 0 Å². The van der Waals surface area contributed by atoms with Gasteiger partial charge in [0.2, 0.25) is 11.8 Å². The molecule has 1 aromatic heterocycles. The summed E-state index contributed by atoms with van der Waals surface area (Å²) < 4.78 is 6.56. The van der Waals surface area contributed by atoms with Gasteiger partial charge in [0.1, 0.15) is 17.7 Å². The van der Waals surface area contributed by atoms with Crippen LogP contribution in [-0.4, -0.2) is 53.6 Å². The first-order chi connectivity index (χ1) is 17.7. The summed E-state index contributed by atoms with van der Waals surface area (Å²) in [6, 6.07) is 16.0. The molecule has 3 amide bonds. The Morgan fingerprint density at radius 2 is 1.59 bits per heavy atom. The van der Waals surface area contributed by atoms with Crippen LogP contribution in [0.4, 0.5) is 4.79 Å². The zero-order valence-corrected chi connectivity index (χ0v) is 22.5. The lowest BCUT2D eigenvalue weighted by Gasteiger charge is -2.27. The molecular weight excluding hydrogens is 486 g/mol. The summed E-state index contributed by atoms with van der Waals surface area (Å²) in [6.45, 7) is 6.72. The number of amides is 3. The fraction of sp³-hybridized carbons (Fsp3) is 0.414. The molecule has 1 saturated heterocycles. The number of nitrogens with zero attached hydrogens (tertiary/aromatic N) is 1. The quantitative estimate of drug-likeness (QED) is 0.450. The number of carbonyl (C=O) groups is 3. The molecule has 37 heavy (non-hydrogen) atoms. The number of hydrogen-bond acceptors (Lipinski definition) is 5. The third-order valence-electron chi connectivity index (χ3n) is 6.31. The fourth-order valence-corrected chi connectivity index (χ4v) is 5.53. The first kappa shape index (κ1) is 26.7. The average Bonchev–Trinajstić information content (AvgIpc) is 3.53. The van der Waals surface area contributed by atoms with Crippen LogP contribution >= 0.6 is 11.3 Å². The number of benzene rings is 2. The molecule has 0 saturated carbocycles. The van der Waals surface area contributed by atoms with E-state index in [9.17, 15) is 14.4 Å². The highest BCUT2D eigenvalue weighted by Crippen LogP contribution is 2.27. The molecule has 4 rings (SSSR count). The van der Waals surface area contributed by atoms with E-state index in [0.29, 0.717) is 19.5 Å². The first-order valence-corrected chi connectivity index (χ1v) is 13.7. The van der Waals surface area contributed by atoms with Crippen molar-refractivity contribution in [1.82, 2.24) is 15.5 Å². The van der Waals surface area contributed by atoms with Crippen LogP contribution in [0.3, 0.4) is 0 Å². The minimum atomic E-state index is -0.905. The molecule has 0 bridgehead atoms. The van der Waals surface area contributed by atoms with Crippen LogP contribution in [0.2, 0.25) is 0 Å². The van der Waals surface area contributed by atoms with Crippen molar-refractivity contribution in [1.29, 1.82) is 0 Å². The second kappa shape index (κ2) is 11.8. The Labute approximate surface area is 222 Å². The molecule has 2 aromatic carbocycles. The lowest BCUT2D eigenvalue weighted by Crippen LogP contribution is -2.55. The maximum atomic E-state index is 13.7. The SMILES string of the molecule is CC(C)(C)OC(=O)NC(Cc1csc2ccccc12)C(=O)N[C@@H](Cc1ccccc1)C(=O)N1CCCC1. The zero-order valence-electron chi connectivity index (χ0n) is 21.7. The van der Waals surface area contributed by atoms with E-state index in [-0.39, 0.29) is 12.3 Å². The predicted molar refractivity (Wildman–Crippen MR) is 147 cm³/mol. The van der Waals surface area contributed by atoms with E-state index in [2.05, 4.69) is 10.6 Å². The van der Waals surface area contributed by atoms with Crippen molar-refractivity contribution < 1.29 is 19.1 Å². The van der Waals surface area contributed by atoms with Gasteiger partial charge in [-0.25, -0.2) is 4.79 Å². The smallest absolute Gasteiger partial charge is 0.408 e. The number of alkyl carbamates (subject to hydrolysis) is 1. The molecule has 7 nitrogen and oxygen atoms in total. The number of fused-ring (bicyclic) bond motifs is 1. The summed E-state index contributed by atoms with van der Waals surface area (Å²) in [4.78, 5) is 41.6. The fourth-order valence-electron chi connectivity index (χ4n) is 4.55. The Morgan fingerprint density at radius 3 is 2.30 bits per heavy atom. The molecule has 0 spiro atoms. The molecule has 8 heteroatoms. The number of carbonyl (C=O) groups excluding carboxylic acids is 3. The standard InChI is InChI=1S/C29H35N3O4S/c1-29(2,3)36-28(35)31-23(18-21-19-37-25-14-8-7-13-22(21)25)26(33)30-24(17-20-11-5-4-6-12-20)27(34)32-15-9-10-16-32/h4-8,11-14,19,23-24H,9-10,15-18H2,1-3H3,(H,30,33)(H,31,35)/t23?,24-/m0/s1. The van der Waals surface area contributed by atoms with Gasteiger partial charge in [0.15, 0.2) is 0 Å². The van der Waals surface area contributed by atoms with Gasteiger partial charge in [-0.2, -0.15) is 0 Å². The molecule has 1 unspecified atom stereocenters. The second-order valence-corrected chi connectivity index (χ2v) is 11.4. The van der Waals surface area contributed by atoms with Crippen molar-refractivity contribution in [3.05, 3.63) is 71.1 Å². The second-order valence-electron chi connectivity index (χ2n) is 10.4. The number of ether oxygens (including phenoxy) is 1. The zero-order chi connectivity index (χ0) is 26.4. The topological polar surface area (TPSA) is 87.7 Å². The van der Waals surface area contributed by atoms with Gasteiger partial charge in [0.25, 0.3) is 0 Å². The highest BCUT2D eigenvalue weighted by Gasteiger charge is 2.32. The van der Waals surface area contributed by atoms with Gasteiger partial charge in [-0.1, -0.05) is 48.5 Å². The van der Waals surface area contributed by atoms with Crippen LogP contribution in [0.25, 0.3) is 10.1 Å². The molecular formula is C29H35N3O4S. The highest BCUT2D eigenvalue weighted by molar-refractivity contribution is 7.17. The lowest BCUT2D eigenvalue weighted by atomic mass is 10.0. The van der Waals surface area contributed by atoms with Gasteiger partial charge in [-0.05, 0) is 61.6 Å². The number of rotatable bonds is 8. The molecule has 1 aliphatic rings. The predicted octanol–water partition coefficient (Wildman–Crippen LogP) is 4.69. The minimum Gasteiger partial charge on any atom is -0.444 e. The van der Waals surface area contributed by atoms with Gasteiger partial charge in [-0.3, -0.25) is 9.59 Å². The van der Waals surface area contributed by atoms with Gasteiger partial charge in [0, 0.05) is 30.6 Å². The van der Waals surface area contributed by atoms with Crippen LogP contribution in [-0.2, 0) is 27.2 Å². The Hall–Kier alpha value is -3.39. The summed E-state index contributed by atoms with van der Waals surface area (Å²) >= 11 is 1.60. The van der Waals surface area contributed by atoms with Crippen LogP contribution in [0.5, 0.6) is 0 Å². The molecule has 0 radical (unpaired) electrons. The van der Waals surface area contributed by atoms with E-state index in [1.54, 1.807) is 32.1 Å². The highest BCUT2D eigenvalue weighted by atomic mass is 32.1. The van der Waals surface area contributed by atoms with Crippen molar-refractivity contribution in [3.8, 4) is 0 Å². The Morgan fingerprint density at radius 1 is 0.919 bits per heavy atom. The monoisotopic (exact) mass is 521 g/mol. The Kier molecular flexibility index (Phi) is 8.48. The number of likely N-dealkylation sites (tertiary alicyclic amines) is 1. The third-order valence-corrected chi connectivity index (χ3v) is 7.32. The van der Waals surface area contributed by atoms with Crippen molar-refractivity contribution in [2.75, 3.05) is 13.1 Å². The largest absolute Gasteiger partial charge is 0.444 e. The molecule has 1 aliphatic heterocycles. The summed E-state index contributed by atoms with van der Waals surface area (Å²) in [5.74, 6) is -0.499. The maximum Gasteiger partial charge on any atom is 0.408 e. The minimum absolute atomic E-state index is 0.0910. The van der Waals surface area contributed by atoms with Crippen LogP contribution in [0.1, 0.15) is 44.7 Å². The normalized spacial score (nSPS) is 15.3. The Balaban J connectivity index is 1.57. The summed E-state index contributed by atoms with van der Waals surface area (Å²) in [5, 5.41) is 8.79. The van der Waals surface area contributed by atoms with Crippen molar-refractivity contribution in [3.63, 3.8) is 0 Å². The van der Waals surface area contributed by atoms with Crippen molar-refractivity contribution >= 4 is 39.3 Å². The molecule has 1 fully saturated rings. The van der Waals surface area contributed by atoms with Crippen molar-refractivity contribution in [2.24, 2.45) is 0 Å². The molecule has 0 aliphatic carbocycles. The van der Waals surface area contributed by atoms with E-state index in [1.165, 1.54) is 0 Å². The summed E-state index contributed by atoms with van der Waals surface area (Å²) in [6.07, 6.45) is 1.92. The van der Waals surface area contributed by atoms with Crippen molar-refractivity contribution in [2.45, 2.75) is 64.1 Å². The number of hydrogen-bond donors (Lipinski definition) is 2. The average molecular weight is 522 g/mol. The van der Waals surface area contributed by atoms with E-state index in [4.69, 9.17) is 4.74 Å². The number of nitrogens with one attached hydrogen (secondary N) is 2. The maximum absolute atomic E-state index is 13.7. The van der Waals surface area contributed by atoms with Gasteiger partial charge in [-0.15, -0.1) is 11.3 Å². The van der Waals surface area contributed by atoms with Crippen LogP contribution < -0.4 is 10.6 Å². The number of thiophene rings is 1. The molecule has 2 heterocycles. The Bertz CT molecular complexity index is 1230. The summed E-state index contributed by atoms with van der Waals surface area (Å²) in [5.41, 5.74) is 1.21. The van der Waals surface area contributed by atoms with E-state index in [0.717, 1.165) is 34.1 Å². The molecule has 2 N–H and O–H groups in total. The van der Waals surface area contributed by atoms with Gasteiger partial charge >= 0.3 is 6.09 Å². The van der Waals surface area contributed by atoms with Crippen LogP contribution in [0.15, 0.2) is 60.0 Å². The van der Waals surface area contributed by atoms with E-state index >= 15 is 0 Å². The first-order valence-electron chi connectivity index (χ1n) is 12.8. The third kappa shape index (κ3) is 7.32. The van der Waals surface area contributed by atoms with E-state index in [1.807, 2.05) is 64.9 Å². The molecule has 3 aromatic rings. The summed E-state index contributed by atoms with van der Waals surface area (Å²) in [7, 11) is 0. The lowest BCUT2D eigenvalue weighted by molar-refractivity contribution is -0.136.